The molecule has 188 valence electrons. The molecule has 0 aliphatic heterocycles. The molecule has 2 aromatic rings. The average molecular weight is 491 g/mol. The summed E-state index contributed by atoms with van der Waals surface area (Å²) in [5.41, 5.74) is 19.7. The van der Waals surface area contributed by atoms with Crippen LogP contribution >= 0.6 is 7.82 Å². The summed E-state index contributed by atoms with van der Waals surface area (Å²) in [7, 11) is -4.22. The van der Waals surface area contributed by atoms with Gasteiger partial charge in [0.1, 0.15) is 0 Å². The third-order valence-corrected chi connectivity index (χ3v) is 7.60. The number of phosphoric acid groups is 1. The van der Waals surface area contributed by atoms with E-state index in [1.54, 1.807) is 0 Å². The minimum atomic E-state index is -4.22. The van der Waals surface area contributed by atoms with E-state index in [0.717, 1.165) is 12.8 Å². The second-order valence-electron chi connectivity index (χ2n) is 9.02. The standard InChI is InChI=1S/C25H39N4O4P/c26-15-17-29(18-16-27)19-23(28)20-32-34(30,31)33-24-11-13-25(14-12-24,21-7-3-1-4-8-21)22-9-5-2-6-10-22/h1-10,23-24H,11-20,26-28H2,(H,30,31)/t23-/m1/s1. The third-order valence-electron chi connectivity index (χ3n) is 6.56. The molecule has 7 N–H and O–H groups in total. The van der Waals surface area contributed by atoms with Gasteiger partial charge in [0.25, 0.3) is 0 Å². The normalized spacial score (nSPS) is 19.1. The predicted octanol–water partition coefficient (Wildman–Crippen LogP) is 2.60. The molecule has 34 heavy (non-hydrogen) atoms. The van der Waals surface area contributed by atoms with Crippen molar-refractivity contribution < 1.29 is 18.5 Å². The smallest absolute Gasteiger partial charge is 0.329 e. The summed E-state index contributed by atoms with van der Waals surface area (Å²) < 4.78 is 23.4. The molecule has 8 nitrogen and oxygen atoms in total. The van der Waals surface area contributed by atoms with Crippen molar-refractivity contribution in [2.24, 2.45) is 17.2 Å². The molecule has 2 aromatic carbocycles. The molecule has 9 heteroatoms. The number of rotatable bonds is 13. The van der Waals surface area contributed by atoms with Crippen molar-refractivity contribution in [1.82, 2.24) is 4.90 Å². The number of phosphoric ester groups is 1. The van der Waals surface area contributed by atoms with Crippen LogP contribution in [0.4, 0.5) is 0 Å². The minimum absolute atomic E-state index is 0.0793. The van der Waals surface area contributed by atoms with E-state index < -0.39 is 13.9 Å². The van der Waals surface area contributed by atoms with Gasteiger partial charge in [-0.25, -0.2) is 4.57 Å². The van der Waals surface area contributed by atoms with Crippen LogP contribution < -0.4 is 17.2 Å². The second kappa shape index (κ2) is 12.9. The van der Waals surface area contributed by atoms with Crippen LogP contribution in [0.15, 0.2) is 60.7 Å². The lowest BCUT2D eigenvalue weighted by atomic mass is 9.65. The van der Waals surface area contributed by atoms with E-state index in [-0.39, 0.29) is 18.1 Å². The highest BCUT2D eigenvalue weighted by Gasteiger charge is 2.40. The van der Waals surface area contributed by atoms with Crippen LogP contribution in [0.1, 0.15) is 36.8 Å². The lowest BCUT2D eigenvalue weighted by Crippen LogP contribution is -2.44. The van der Waals surface area contributed by atoms with Gasteiger partial charge in [-0.3, -0.25) is 13.9 Å². The summed E-state index contributed by atoms with van der Waals surface area (Å²) in [4.78, 5) is 12.3. The first-order valence-corrected chi connectivity index (χ1v) is 13.5. The van der Waals surface area contributed by atoms with E-state index in [1.165, 1.54) is 11.1 Å². The molecule has 1 aliphatic carbocycles. The topological polar surface area (TPSA) is 137 Å². The Morgan fingerprint density at radius 1 is 0.971 bits per heavy atom. The molecular weight excluding hydrogens is 451 g/mol. The molecule has 1 unspecified atom stereocenters. The van der Waals surface area contributed by atoms with Gasteiger partial charge >= 0.3 is 7.82 Å². The molecule has 0 amide bonds. The molecule has 3 rings (SSSR count). The van der Waals surface area contributed by atoms with Crippen molar-refractivity contribution in [2.75, 3.05) is 39.3 Å². The predicted molar refractivity (Wildman–Crippen MR) is 135 cm³/mol. The fraction of sp³-hybridized carbons (Fsp3) is 0.520. The number of nitrogens with zero attached hydrogens (tertiary/aromatic N) is 1. The highest BCUT2D eigenvalue weighted by Crippen LogP contribution is 2.51. The van der Waals surface area contributed by atoms with Gasteiger partial charge in [0.2, 0.25) is 0 Å². The van der Waals surface area contributed by atoms with E-state index in [4.69, 9.17) is 26.2 Å². The Kier molecular flexibility index (Phi) is 10.2. The highest BCUT2D eigenvalue weighted by atomic mass is 31.2. The molecular formula is C25H39N4O4P. The van der Waals surface area contributed by atoms with Crippen LogP contribution in [0, 0.1) is 0 Å². The zero-order chi connectivity index (χ0) is 24.4. The molecule has 2 atom stereocenters. The molecule has 0 saturated heterocycles. The summed E-state index contributed by atoms with van der Waals surface area (Å²) >= 11 is 0. The second-order valence-corrected chi connectivity index (χ2v) is 10.4. The van der Waals surface area contributed by atoms with Gasteiger partial charge < -0.3 is 22.1 Å². The van der Waals surface area contributed by atoms with Crippen molar-refractivity contribution in [3.63, 3.8) is 0 Å². The fourth-order valence-corrected chi connectivity index (χ4v) is 5.93. The van der Waals surface area contributed by atoms with Gasteiger partial charge in [0.05, 0.1) is 12.7 Å². The molecule has 0 spiro atoms. The summed E-state index contributed by atoms with van der Waals surface area (Å²) in [6.45, 7) is 2.70. The van der Waals surface area contributed by atoms with Crippen molar-refractivity contribution in [3.05, 3.63) is 71.8 Å². The van der Waals surface area contributed by atoms with Gasteiger partial charge in [-0.2, -0.15) is 0 Å². The van der Waals surface area contributed by atoms with Gasteiger partial charge in [-0.05, 0) is 36.8 Å². The lowest BCUT2D eigenvalue weighted by molar-refractivity contribution is 0.0661. The maximum Gasteiger partial charge on any atom is 0.472 e. The van der Waals surface area contributed by atoms with E-state index >= 15 is 0 Å². The van der Waals surface area contributed by atoms with Gasteiger partial charge in [0.15, 0.2) is 0 Å². The van der Waals surface area contributed by atoms with E-state index in [9.17, 15) is 9.46 Å². The van der Waals surface area contributed by atoms with Crippen LogP contribution in [-0.4, -0.2) is 61.3 Å². The zero-order valence-corrected chi connectivity index (χ0v) is 20.7. The summed E-state index contributed by atoms with van der Waals surface area (Å²) in [6.07, 6.45) is 2.60. The Morgan fingerprint density at radius 3 is 1.94 bits per heavy atom. The van der Waals surface area contributed by atoms with Gasteiger partial charge in [0, 0.05) is 44.2 Å². The number of benzene rings is 2. The highest BCUT2D eigenvalue weighted by molar-refractivity contribution is 7.47. The Balaban J connectivity index is 1.57. The van der Waals surface area contributed by atoms with Gasteiger partial charge in [-0.1, -0.05) is 60.7 Å². The molecule has 1 saturated carbocycles. The number of hydrogen-bond donors (Lipinski definition) is 4. The third kappa shape index (κ3) is 7.44. The van der Waals surface area contributed by atoms with E-state index in [1.807, 2.05) is 17.0 Å². The Hall–Kier alpha value is -1.61. The summed E-state index contributed by atoms with van der Waals surface area (Å²) in [6, 6.07) is 20.5. The van der Waals surface area contributed by atoms with Crippen molar-refractivity contribution >= 4 is 7.82 Å². The van der Waals surface area contributed by atoms with Crippen molar-refractivity contribution in [3.8, 4) is 0 Å². The van der Waals surface area contributed by atoms with Crippen LogP contribution in [0.5, 0.6) is 0 Å². The summed E-state index contributed by atoms with van der Waals surface area (Å²) in [5, 5.41) is 0. The molecule has 0 bridgehead atoms. The maximum atomic E-state index is 12.6. The Labute approximate surface area is 203 Å². The van der Waals surface area contributed by atoms with E-state index in [0.29, 0.717) is 45.6 Å². The minimum Gasteiger partial charge on any atom is -0.329 e. The van der Waals surface area contributed by atoms with Gasteiger partial charge in [-0.15, -0.1) is 0 Å². The van der Waals surface area contributed by atoms with Crippen molar-refractivity contribution in [1.29, 1.82) is 0 Å². The lowest BCUT2D eigenvalue weighted by Gasteiger charge is -2.41. The molecule has 1 aliphatic rings. The van der Waals surface area contributed by atoms with Crippen molar-refractivity contribution in [2.45, 2.75) is 43.2 Å². The fourth-order valence-electron chi connectivity index (χ4n) is 4.90. The summed E-state index contributed by atoms with van der Waals surface area (Å²) in [5.74, 6) is 0. The Morgan fingerprint density at radius 2 is 1.47 bits per heavy atom. The first-order chi connectivity index (χ1) is 16.4. The van der Waals surface area contributed by atoms with Crippen LogP contribution in [0.2, 0.25) is 0 Å². The largest absolute Gasteiger partial charge is 0.472 e. The monoisotopic (exact) mass is 490 g/mol. The Bertz CT molecular complexity index is 847. The van der Waals surface area contributed by atoms with Crippen LogP contribution in [-0.2, 0) is 19.0 Å². The molecule has 0 radical (unpaired) electrons. The average Bonchev–Trinajstić information content (AvgIpc) is 2.85. The maximum absolute atomic E-state index is 12.6. The number of hydrogen-bond acceptors (Lipinski definition) is 7. The molecule has 0 heterocycles. The number of nitrogens with two attached hydrogens (primary N) is 3. The first kappa shape index (κ1) is 27.0. The van der Waals surface area contributed by atoms with Crippen LogP contribution in [0.3, 0.4) is 0 Å². The zero-order valence-electron chi connectivity index (χ0n) is 19.8. The SMILES string of the molecule is NCCN(CCN)C[C@@H](N)COP(=O)(O)OC1CCC(c2ccccc2)(c2ccccc2)CC1. The molecule has 1 fully saturated rings. The van der Waals surface area contributed by atoms with E-state index in [2.05, 4.69) is 48.5 Å². The first-order valence-electron chi connectivity index (χ1n) is 12.0. The molecule has 0 aromatic heterocycles. The van der Waals surface area contributed by atoms with Crippen LogP contribution in [0.25, 0.3) is 0 Å². The quantitative estimate of drug-likeness (QED) is 0.315.